The smallest absolute Gasteiger partial charge is 0.233 e. The second-order valence-electron chi connectivity index (χ2n) is 5.35. The summed E-state index contributed by atoms with van der Waals surface area (Å²) in [5, 5.41) is 12.6. The fraction of sp³-hybridized carbons (Fsp3) is 0.562. The molecule has 1 aromatic carbocycles. The Morgan fingerprint density at radius 3 is 2.55 bits per heavy atom. The van der Waals surface area contributed by atoms with E-state index in [1.807, 2.05) is 12.1 Å². The Bertz CT molecular complexity index is 450. The molecular weight excluding hydrogens is 320 g/mol. The molecule has 1 aliphatic rings. The van der Waals surface area contributed by atoms with Crippen LogP contribution in [0.25, 0.3) is 0 Å². The average molecular weight is 345 g/mol. The van der Waals surface area contributed by atoms with Gasteiger partial charge in [0.15, 0.2) is 0 Å². The quantitative estimate of drug-likeness (QED) is 0.779. The van der Waals surface area contributed by atoms with Crippen LogP contribution in [0.1, 0.15) is 26.2 Å². The van der Waals surface area contributed by atoms with Crippen LogP contribution in [0.3, 0.4) is 0 Å². The van der Waals surface area contributed by atoms with Crippen molar-refractivity contribution in [3.8, 4) is 5.75 Å². The molecular formula is C16H25ClN2O2S. The van der Waals surface area contributed by atoms with Gasteiger partial charge in [0.2, 0.25) is 5.91 Å². The normalized spacial score (nSPS) is 15.1. The number of thioether (sulfide) groups is 1. The molecule has 0 aromatic heterocycles. The maximum Gasteiger partial charge on any atom is 0.233 e. The third kappa shape index (κ3) is 5.71. The van der Waals surface area contributed by atoms with Gasteiger partial charge in [0.05, 0.1) is 5.75 Å². The Balaban J connectivity index is 0.00000242. The summed E-state index contributed by atoms with van der Waals surface area (Å²) >= 11 is 1.54. The summed E-state index contributed by atoms with van der Waals surface area (Å²) in [6.07, 6.45) is 3.10. The lowest BCUT2D eigenvalue weighted by Gasteiger charge is -2.34. The molecule has 1 aromatic rings. The minimum absolute atomic E-state index is 0. The van der Waals surface area contributed by atoms with E-state index in [2.05, 4.69) is 17.1 Å². The molecule has 0 saturated carbocycles. The van der Waals surface area contributed by atoms with E-state index >= 15 is 0 Å². The van der Waals surface area contributed by atoms with Crippen LogP contribution in [0, 0.1) is 0 Å². The van der Waals surface area contributed by atoms with Crippen molar-refractivity contribution in [2.45, 2.75) is 37.1 Å². The van der Waals surface area contributed by atoms with Crippen molar-refractivity contribution >= 4 is 30.1 Å². The number of carbonyl (C=O) groups excluding carboxylic acids is 1. The van der Waals surface area contributed by atoms with Gasteiger partial charge in [-0.1, -0.05) is 6.92 Å². The number of carbonyl (C=O) groups is 1. The lowest BCUT2D eigenvalue weighted by atomic mass is 10.0. The van der Waals surface area contributed by atoms with Crippen molar-refractivity contribution in [1.29, 1.82) is 0 Å². The van der Waals surface area contributed by atoms with Crippen LogP contribution in [0.2, 0.25) is 0 Å². The standard InChI is InChI=1S/C16H24N2O2S.ClH/c1-2-11-18(13-7-9-17-10-8-13)16(20)12-21-15-5-3-14(19)4-6-15;/h3-6,13,17,19H,2,7-12H2,1H3;1H. The molecule has 0 bridgehead atoms. The van der Waals surface area contributed by atoms with Gasteiger partial charge in [-0.15, -0.1) is 24.2 Å². The number of piperidine rings is 1. The first-order valence-corrected chi connectivity index (χ1v) is 8.61. The fourth-order valence-electron chi connectivity index (χ4n) is 2.64. The molecule has 0 aliphatic carbocycles. The molecule has 1 aliphatic heterocycles. The molecule has 0 spiro atoms. The zero-order chi connectivity index (χ0) is 15.1. The summed E-state index contributed by atoms with van der Waals surface area (Å²) in [6.45, 7) is 4.97. The second-order valence-corrected chi connectivity index (χ2v) is 6.40. The molecule has 0 atom stereocenters. The maximum absolute atomic E-state index is 12.5. The van der Waals surface area contributed by atoms with Gasteiger partial charge in [-0.05, 0) is 56.6 Å². The van der Waals surface area contributed by atoms with E-state index in [-0.39, 0.29) is 24.1 Å². The molecule has 4 nitrogen and oxygen atoms in total. The van der Waals surface area contributed by atoms with Crippen molar-refractivity contribution in [3.05, 3.63) is 24.3 Å². The Labute approximate surface area is 143 Å². The average Bonchev–Trinajstić information content (AvgIpc) is 2.52. The van der Waals surface area contributed by atoms with E-state index in [9.17, 15) is 9.90 Å². The monoisotopic (exact) mass is 344 g/mol. The highest BCUT2D eigenvalue weighted by atomic mass is 35.5. The molecule has 22 heavy (non-hydrogen) atoms. The van der Waals surface area contributed by atoms with Crippen LogP contribution < -0.4 is 5.32 Å². The predicted octanol–water partition coefficient (Wildman–Crippen LogP) is 2.90. The van der Waals surface area contributed by atoms with Crippen molar-refractivity contribution in [2.75, 3.05) is 25.4 Å². The lowest BCUT2D eigenvalue weighted by Crippen LogP contribution is -2.47. The van der Waals surface area contributed by atoms with Crippen molar-refractivity contribution < 1.29 is 9.90 Å². The highest BCUT2D eigenvalue weighted by Gasteiger charge is 2.24. The highest BCUT2D eigenvalue weighted by molar-refractivity contribution is 8.00. The molecule has 1 amide bonds. The largest absolute Gasteiger partial charge is 0.508 e. The number of hydrogen-bond acceptors (Lipinski definition) is 4. The topological polar surface area (TPSA) is 52.6 Å². The zero-order valence-electron chi connectivity index (χ0n) is 13.0. The van der Waals surface area contributed by atoms with Crippen LogP contribution in [0.5, 0.6) is 5.75 Å². The number of nitrogens with zero attached hydrogens (tertiary/aromatic N) is 1. The van der Waals surface area contributed by atoms with E-state index in [0.29, 0.717) is 11.8 Å². The Morgan fingerprint density at radius 2 is 1.95 bits per heavy atom. The van der Waals surface area contributed by atoms with E-state index in [1.165, 1.54) is 11.8 Å². The van der Waals surface area contributed by atoms with Gasteiger partial charge < -0.3 is 15.3 Å². The van der Waals surface area contributed by atoms with Gasteiger partial charge in [-0.2, -0.15) is 0 Å². The van der Waals surface area contributed by atoms with E-state index in [4.69, 9.17) is 0 Å². The SMILES string of the molecule is CCCN(C(=O)CSc1ccc(O)cc1)C1CCNCC1.Cl. The number of nitrogens with one attached hydrogen (secondary N) is 1. The third-order valence-corrected chi connectivity index (χ3v) is 4.73. The fourth-order valence-corrected chi connectivity index (χ4v) is 3.43. The van der Waals surface area contributed by atoms with E-state index < -0.39 is 0 Å². The minimum Gasteiger partial charge on any atom is -0.508 e. The molecule has 1 heterocycles. The maximum atomic E-state index is 12.5. The molecule has 1 saturated heterocycles. The van der Waals surface area contributed by atoms with Crippen molar-refractivity contribution in [2.24, 2.45) is 0 Å². The summed E-state index contributed by atoms with van der Waals surface area (Å²) in [4.78, 5) is 15.6. The van der Waals surface area contributed by atoms with Gasteiger partial charge in [-0.25, -0.2) is 0 Å². The highest BCUT2D eigenvalue weighted by Crippen LogP contribution is 2.22. The number of aromatic hydroxyl groups is 1. The Morgan fingerprint density at radius 1 is 1.32 bits per heavy atom. The number of benzene rings is 1. The Hall–Kier alpha value is -0.910. The lowest BCUT2D eigenvalue weighted by molar-refractivity contribution is -0.131. The zero-order valence-corrected chi connectivity index (χ0v) is 14.6. The molecule has 0 radical (unpaired) electrons. The summed E-state index contributed by atoms with van der Waals surface area (Å²) in [5.74, 6) is 0.948. The molecule has 6 heteroatoms. The van der Waals surface area contributed by atoms with Crippen LogP contribution in [0.15, 0.2) is 29.2 Å². The van der Waals surface area contributed by atoms with Gasteiger partial charge in [0.1, 0.15) is 5.75 Å². The number of rotatable bonds is 6. The molecule has 2 rings (SSSR count). The van der Waals surface area contributed by atoms with Gasteiger partial charge >= 0.3 is 0 Å². The molecule has 0 unspecified atom stereocenters. The van der Waals surface area contributed by atoms with Crippen LogP contribution in [-0.2, 0) is 4.79 Å². The first-order valence-electron chi connectivity index (χ1n) is 7.62. The Kier molecular flexibility index (Phi) is 8.68. The minimum atomic E-state index is 0. The van der Waals surface area contributed by atoms with Crippen LogP contribution in [-0.4, -0.2) is 47.3 Å². The van der Waals surface area contributed by atoms with Crippen LogP contribution >= 0.6 is 24.2 Å². The molecule has 124 valence electrons. The third-order valence-electron chi connectivity index (χ3n) is 3.73. The van der Waals surface area contributed by atoms with Gasteiger partial charge in [-0.3, -0.25) is 4.79 Å². The molecule has 2 N–H and O–H groups in total. The summed E-state index contributed by atoms with van der Waals surface area (Å²) in [6, 6.07) is 7.40. The summed E-state index contributed by atoms with van der Waals surface area (Å²) < 4.78 is 0. The second kappa shape index (κ2) is 9.98. The number of phenols is 1. The van der Waals surface area contributed by atoms with E-state index in [1.54, 1.807) is 12.1 Å². The number of hydrogen-bond donors (Lipinski definition) is 2. The van der Waals surface area contributed by atoms with E-state index in [0.717, 1.165) is 43.8 Å². The van der Waals surface area contributed by atoms with Gasteiger partial charge in [0, 0.05) is 17.5 Å². The van der Waals surface area contributed by atoms with Crippen molar-refractivity contribution in [3.63, 3.8) is 0 Å². The van der Waals surface area contributed by atoms with Gasteiger partial charge in [0.25, 0.3) is 0 Å². The summed E-state index contributed by atoms with van der Waals surface area (Å²) in [7, 11) is 0. The first-order chi connectivity index (χ1) is 10.2. The number of halogens is 1. The summed E-state index contributed by atoms with van der Waals surface area (Å²) in [5.41, 5.74) is 0. The van der Waals surface area contributed by atoms with Crippen molar-refractivity contribution in [1.82, 2.24) is 10.2 Å². The molecule has 1 fully saturated rings. The first kappa shape index (κ1) is 19.1. The number of amides is 1. The predicted molar refractivity (Wildman–Crippen MR) is 94.0 cm³/mol. The van der Waals surface area contributed by atoms with Crippen LogP contribution in [0.4, 0.5) is 0 Å². The number of phenolic OH excluding ortho intramolecular Hbond substituents is 1.